The van der Waals surface area contributed by atoms with Crippen molar-refractivity contribution in [2.45, 2.75) is 26.8 Å². The number of alkyl halides is 3. The summed E-state index contributed by atoms with van der Waals surface area (Å²) in [7, 11) is 3.03. The number of methoxy groups -OCH3 is 2. The number of hydrogen-bond donors (Lipinski definition) is 2. The number of carbonyl (C=O) groups is 1. The lowest BCUT2D eigenvalue weighted by Crippen LogP contribution is -2.25. The summed E-state index contributed by atoms with van der Waals surface area (Å²) in [6, 6.07) is 12.1. The van der Waals surface area contributed by atoms with Gasteiger partial charge in [0.25, 0.3) is 5.91 Å². The molecule has 10 heteroatoms. The number of ether oxygens (including phenoxy) is 3. The number of H-pyrrole nitrogens is 1. The maximum atomic E-state index is 12.5. The van der Waals surface area contributed by atoms with Gasteiger partial charge in [-0.15, -0.1) is 13.2 Å². The fourth-order valence-corrected chi connectivity index (χ4v) is 2.82. The largest absolute Gasteiger partial charge is 0.573 e. The van der Waals surface area contributed by atoms with E-state index < -0.39 is 18.0 Å². The first-order valence-electron chi connectivity index (χ1n) is 9.71. The second-order valence-corrected chi connectivity index (χ2v) is 6.05. The van der Waals surface area contributed by atoms with E-state index in [0.717, 1.165) is 6.07 Å². The number of halogens is 3. The number of amides is 1. The van der Waals surface area contributed by atoms with Gasteiger partial charge in [-0.05, 0) is 30.3 Å². The van der Waals surface area contributed by atoms with E-state index in [2.05, 4.69) is 20.3 Å². The van der Waals surface area contributed by atoms with Crippen LogP contribution >= 0.6 is 0 Å². The molecule has 0 saturated carbocycles. The van der Waals surface area contributed by atoms with E-state index in [-0.39, 0.29) is 12.1 Å². The van der Waals surface area contributed by atoms with Crippen molar-refractivity contribution in [3.8, 4) is 28.5 Å². The summed E-state index contributed by atoms with van der Waals surface area (Å²) >= 11 is 0. The molecule has 32 heavy (non-hydrogen) atoms. The van der Waals surface area contributed by atoms with Crippen LogP contribution < -0.4 is 19.5 Å². The van der Waals surface area contributed by atoms with Crippen LogP contribution in [0.5, 0.6) is 17.2 Å². The Kier molecular flexibility index (Phi) is 8.51. The third-order valence-corrected chi connectivity index (χ3v) is 4.11. The highest BCUT2D eigenvalue weighted by Gasteiger charge is 2.32. The molecule has 1 heterocycles. The number of rotatable bonds is 7. The van der Waals surface area contributed by atoms with Crippen LogP contribution in [0, 0.1) is 0 Å². The smallest absolute Gasteiger partial charge is 0.493 e. The zero-order valence-corrected chi connectivity index (χ0v) is 18.0. The molecule has 2 aromatic carbocycles. The standard InChI is InChI=1S/C20H18F3N3O4.C2H6/c1-28-17-9-5-7-13(18(17)29-2)15-10-12(25-26-15)11-24-19(27)14-6-3-4-8-16(14)30-20(21,22)23;1-2/h3-10H,11H2,1-2H3,(H,24,27)(H,25,26);1-2H3. The molecule has 172 valence electrons. The van der Waals surface area contributed by atoms with Crippen molar-refractivity contribution in [3.05, 3.63) is 59.8 Å². The van der Waals surface area contributed by atoms with Gasteiger partial charge in [0.2, 0.25) is 0 Å². The molecule has 0 aliphatic rings. The second-order valence-electron chi connectivity index (χ2n) is 6.05. The van der Waals surface area contributed by atoms with Crippen LogP contribution in [0.1, 0.15) is 29.9 Å². The molecule has 0 fully saturated rings. The summed E-state index contributed by atoms with van der Waals surface area (Å²) in [5.41, 5.74) is 1.53. The first-order chi connectivity index (χ1) is 15.3. The van der Waals surface area contributed by atoms with Crippen molar-refractivity contribution < 1.29 is 32.2 Å². The predicted molar refractivity (Wildman–Crippen MR) is 113 cm³/mol. The van der Waals surface area contributed by atoms with Crippen LogP contribution in [0.15, 0.2) is 48.5 Å². The summed E-state index contributed by atoms with van der Waals surface area (Å²) < 4.78 is 52.1. The highest BCUT2D eigenvalue weighted by Crippen LogP contribution is 2.37. The van der Waals surface area contributed by atoms with E-state index in [4.69, 9.17) is 9.47 Å². The highest BCUT2D eigenvalue weighted by atomic mass is 19.4. The number of nitrogens with one attached hydrogen (secondary N) is 2. The van der Waals surface area contributed by atoms with Gasteiger partial charge in [0.05, 0.1) is 37.7 Å². The van der Waals surface area contributed by atoms with Crippen LogP contribution in [0.4, 0.5) is 13.2 Å². The fraction of sp³-hybridized carbons (Fsp3) is 0.273. The van der Waals surface area contributed by atoms with Crippen LogP contribution in [-0.4, -0.2) is 36.7 Å². The van der Waals surface area contributed by atoms with Crippen molar-refractivity contribution in [2.24, 2.45) is 0 Å². The maximum absolute atomic E-state index is 12.5. The lowest BCUT2D eigenvalue weighted by molar-refractivity contribution is -0.274. The van der Waals surface area contributed by atoms with Crippen molar-refractivity contribution in [1.29, 1.82) is 0 Å². The van der Waals surface area contributed by atoms with E-state index in [0.29, 0.717) is 28.5 Å². The minimum atomic E-state index is -4.90. The SMILES string of the molecule is CC.COc1cccc(-c2cc(CNC(=O)c3ccccc3OC(F)(F)F)[nH]n2)c1OC. The molecule has 0 unspecified atom stereocenters. The predicted octanol–water partition coefficient (Wildman–Crippen LogP) is 4.95. The Morgan fingerprint density at radius 2 is 1.72 bits per heavy atom. The van der Waals surface area contributed by atoms with E-state index in [9.17, 15) is 18.0 Å². The lowest BCUT2D eigenvalue weighted by Gasteiger charge is -2.12. The van der Waals surface area contributed by atoms with Gasteiger partial charge in [0.15, 0.2) is 11.5 Å². The lowest BCUT2D eigenvalue weighted by atomic mass is 10.1. The topological polar surface area (TPSA) is 85.5 Å². The summed E-state index contributed by atoms with van der Waals surface area (Å²) in [6.45, 7) is 4.01. The van der Waals surface area contributed by atoms with Gasteiger partial charge in [0, 0.05) is 5.56 Å². The quantitative estimate of drug-likeness (QED) is 0.531. The normalized spacial score (nSPS) is 10.6. The van der Waals surface area contributed by atoms with E-state index in [1.165, 1.54) is 32.4 Å². The monoisotopic (exact) mass is 451 g/mol. The summed E-state index contributed by atoms with van der Waals surface area (Å²) in [6.07, 6.45) is -4.90. The molecular weight excluding hydrogens is 427 g/mol. The van der Waals surface area contributed by atoms with Crippen LogP contribution in [-0.2, 0) is 6.54 Å². The van der Waals surface area contributed by atoms with Gasteiger partial charge in [-0.1, -0.05) is 32.0 Å². The van der Waals surface area contributed by atoms with E-state index in [1.807, 2.05) is 13.8 Å². The number of hydrogen-bond acceptors (Lipinski definition) is 5. The van der Waals surface area contributed by atoms with E-state index in [1.54, 1.807) is 24.3 Å². The van der Waals surface area contributed by atoms with Crippen molar-refractivity contribution in [1.82, 2.24) is 15.5 Å². The maximum Gasteiger partial charge on any atom is 0.573 e. The third kappa shape index (κ3) is 6.16. The Morgan fingerprint density at radius 3 is 2.38 bits per heavy atom. The summed E-state index contributed by atoms with van der Waals surface area (Å²) in [4.78, 5) is 12.4. The van der Waals surface area contributed by atoms with Gasteiger partial charge >= 0.3 is 6.36 Å². The van der Waals surface area contributed by atoms with Crippen molar-refractivity contribution in [3.63, 3.8) is 0 Å². The molecule has 0 aliphatic carbocycles. The summed E-state index contributed by atoms with van der Waals surface area (Å²) in [5.74, 6) is -0.256. The zero-order chi connectivity index (χ0) is 23.7. The first-order valence-corrected chi connectivity index (χ1v) is 9.71. The van der Waals surface area contributed by atoms with E-state index >= 15 is 0 Å². The minimum Gasteiger partial charge on any atom is -0.493 e. The number of benzene rings is 2. The molecule has 0 bridgehead atoms. The number of carbonyl (C=O) groups excluding carboxylic acids is 1. The number of para-hydroxylation sites is 2. The molecule has 2 N–H and O–H groups in total. The molecule has 0 atom stereocenters. The molecule has 3 aromatic rings. The Balaban J connectivity index is 0.00000176. The Morgan fingerprint density at radius 1 is 1.03 bits per heavy atom. The van der Waals surface area contributed by atoms with Crippen molar-refractivity contribution >= 4 is 5.91 Å². The molecule has 7 nitrogen and oxygen atoms in total. The fourth-order valence-electron chi connectivity index (χ4n) is 2.82. The Hall–Kier alpha value is -3.69. The van der Waals surface area contributed by atoms with Gasteiger partial charge in [0.1, 0.15) is 5.75 Å². The molecule has 1 aromatic heterocycles. The number of aromatic amines is 1. The van der Waals surface area contributed by atoms with Gasteiger partial charge in [-0.25, -0.2) is 0 Å². The number of nitrogens with zero attached hydrogens (tertiary/aromatic N) is 1. The molecule has 3 rings (SSSR count). The minimum absolute atomic E-state index is 0.0124. The van der Waals surface area contributed by atoms with Crippen LogP contribution in [0.3, 0.4) is 0 Å². The molecule has 0 radical (unpaired) electrons. The van der Waals surface area contributed by atoms with Crippen LogP contribution in [0.25, 0.3) is 11.3 Å². The Labute approximate surface area is 183 Å². The first kappa shape index (κ1) is 24.6. The number of aromatic nitrogens is 2. The molecule has 0 spiro atoms. The zero-order valence-electron chi connectivity index (χ0n) is 18.0. The molecule has 0 aliphatic heterocycles. The molecule has 0 saturated heterocycles. The average molecular weight is 451 g/mol. The average Bonchev–Trinajstić information content (AvgIpc) is 3.26. The van der Waals surface area contributed by atoms with Crippen LogP contribution in [0.2, 0.25) is 0 Å². The third-order valence-electron chi connectivity index (χ3n) is 4.11. The highest BCUT2D eigenvalue weighted by molar-refractivity contribution is 5.96. The van der Waals surface area contributed by atoms with Gasteiger partial charge in [-0.3, -0.25) is 9.89 Å². The second kappa shape index (κ2) is 11.1. The Bertz CT molecular complexity index is 1040. The molecular formula is C22H24F3N3O4. The van der Waals surface area contributed by atoms with Crippen molar-refractivity contribution in [2.75, 3.05) is 14.2 Å². The van der Waals surface area contributed by atoms with Gasteiger partial charge < -0.3 is 19.5 Å². The summed E-state index contributed by atoms with van der Waals surface area (Å²) in [5, 5.41) is 9.53. The van der Waals surface area contributed by atoms with Gasteiger partial charge in [-0.2, -0.15) is 5.10 Å². The molecule has 1 amide bonds.